The zero-order valence-electron chi connectivity index (χ0n) is 23.2. The number of carbonyl (C=O) groups is 1. The van der Waals surface area contributed by atoms with Gasteiger partial charge in [-0.05, 0) is 103 Å². The van der Waals surface area contributed by atoms with Crippen molar-refractivity contribution in [3.63, 3.8) is 0 Å². The fourth-order valence-electron chi connectivity index (χ4n) is 6.87. The van der Waals surface area contributed by atoms with E-state index in [-0.39, 0.29) is 13.0 Å². The molecule has 0 saturated heterocycles. The Labute approximate surface area is 226 Å². The van der Waals surface area contributed by atoms with Gasteiger partial charge in [-0.15, -0.1) is 0 Å². The quantitative estimate of drug-likeness (QED) is 0.267. The number of methoxy groups -OCH3 is 1. The molecule has 1 heterocycles. The standard InChI is InChI=1S/C33H35BN2O2/c1-20-15-16-25-13-10-14-28-29(25)31(20)35-34(36(28)19-24-11-8-7-9-12-24)30-22(3)21(2)26-17-33(5,32(37)38-6)18-27(26)23(30)4/h7-16,35H,17-19H2,1-6H3/t33-/m0/s1. The second-order valence-corrected chi connectivity index (χ2v) is 11.4. The van der Waals surface area contributed by atoms with Crippen LogP contribution >= 0.6 is 0 Å². The molecular weight excluding hydrogens is 467 g/mol. The summed E-state index contributed by atoms with van der Waals surface area (Å²) in [5.41, 5.74) is 12.3. The summed E-state index contributed by atoms with van der Waals surface area (Å²) in [6, 6.07) is 21.8. The third kappa shape index (κ3) is 3.63. The molecule has 0 saturated carbocycles. The maximum Gasteiger partial charge on any atom is 0.409 e. The maximum atomic E-state index is 12.8. The van der Waals surface area contributed by atoms with E-state index in [9.17, 15) is 4.79 Å². The Morgan fingerprint density at radius 2 is 1.63 bits per heavy atom. The fourth-order valence-corrected chi connectivity index (χ4v) is 6.87. The zero-order chi connectivity index (χ0) is 26.8. The number of aryl methyl sites for hydroxylation is 1. The molecule has 0 amide bonds. The van der Waals surface area contributed by atoms with Gasteiger partial charge in [0.25, 0.3) is 0 Å². The van der Waals surface area contributed by atoms with E-state index in [1.165, 1.54) is 73.7 Å². The summed E-state index contributed by atoms with van der Waals surface area (Å²) >= 11 is 0. The lowest BCUT2D eigenvalue weighted by Crippen LogP contribution is -2.58. The van der Waals surface area contributed by atoms with Crippen molar-refractivity contribution in [2.75, 3.05) is 17.1 Å². The number of rotatable bonds is 4. The third-order valence-electron chi connectivity index (χ3n) is 9.06. The van der Waals surface area contributed by atoms with Gasteiger partial charge in [0.2, 0.25) is 0 Å². The lowest BCUT2D eigenvalue weighted by atomic mass is 9.58. The molecule has 4 aromatic carbocycles. The number of esters is 1. The highest BCUT2D eigenvalue weighted by Crippen LogP contribution is 2.43. The van der Waals surface area contributed by atoms with Crippen molar-refractivity contribution < 1.29 is 9.53 Å². The van der Waals surface area contributed by atoms with Crippen LogP contribution in [-0.2, 0) is 28.9 Å². The molecule has 1 N–H and O–H groups in total. The van der Waals surface area contributed by atoms with Crippen LogP contribution < -0.4 is 15.5 Å². The van der Waals surface area contributed by atoms with Crippen molar-refractivity contribution in [2.24, 2.45) is 5.41 Å². The van der Waals surface area contributed by atoms with E-state index in [1.54, 1.807) is 0 Å². The van der Waals surface area contributed by atoms with Crippen molar-refractivity contribution in [3.05, 3.63) is 99.6 Å². The van der Waals surface area contributed by atoms with Crippen LogP contribution in [0.1, 0.15) is 45.9 Å². The van der Waals surface area contributed by atoms with Crippen molar-refractivity contribution in [2.45, 2.75) is 54.0 Å². The van der Waals surface area contributed by atoms with Crippen molar-refractivity contribution >= 4 is 40.6 Å². The van der Waals surface area contributed by atoms with Gasteiger partial charge in [0, 0.05) is 23.3 Å². The number of benzene rings is 4. The molecule has 38 heavy (non-hydrogen) atoms. The lowest BCUT2D eigenvalue weighted by molar-refractivity contribution is -0.151. The number of ether oxygens (including phenoxy) is 1. The minimum absolute atomic E-state index is 0.0385. The Morgan fingerprint density at radius 1 is 0.921 bits per heavy atom. The van der Waals surface area contributed by atoms with Gasteiger partial charge in [-0.3, -0.25) is 4.79 Å². The molecule has 0 spiro atoms. The lowest BCUT2D eigenvalue weighted by Gasteiger charge is -2.40. The molecule has 4 aromatic rings. The topological polar surface area (TPSA) is 41.6 Å². The minimum Gasteiger partial charge on any atom is -0.469 e. The number of fused-ring (bicyclic) bond motifs is 1. The van der Waals surface area contributed by atoms with E-state index in [0.717, 1.165) is 13.0 Å². The Bertz CT molecular complexity index is 1600. The van der Waals surface area contributed by atoms with Gasteiger partial charge in [-0.1, -0.05) is 54.6 Å². The van der Waals surface area contributed by atoms with Crippen molar-refractivity contribution in [1.29, 1.82) is 0 Å². The largest absolute Gasteiger partial charge is 0.469 e. The Hall–Kier alpha value is -3.73. The molecule has 5 heteroatoms. The summed E-state index contributed by atoms with van der Waals surface area (Å²) in [6.07, 6.45) is 1.45. The molecular formula is C33H35BN2O2. The monoisotopic (exact) mass is 502 g/mol. The number of carbonyl (C=O) groups excluding carboxylic acids is 1. The Balaban J connectivity index is 1.56. The average Bonchev–Trinajstić information content (AvgIpc) is 3.30. The van der Waals surface area contributed by atoms with Crippen molar-refractivity contribution in [1.82, 2.24) is 0 Å². The van der Waals surface area contributed by atoms with E-state index in [1.807, 2.05) is 6.92 Å². The summed E-state index contributed by atoms with van der Waals surface area (Å²) in [7, 11) is 1.50. The highest BCUT2D eigenvalue weighted by atomic mass is 16.5. The highest BCUT2D eigenvalue weighted by molar-refractivity contribution is 6.81. The number of nitrogens with zero attached hydrogens (tertiary/aromatic N) is 1. The van der Waals surface area contributed by atoms with Crippen LogP contribution in [-0.4, -0.2) is 20.1 Å². The maximum absolute atomic E-state index is 12.8. The molecule has 0 radical (unpaired) electrons. The smallest absolute Gasteiger partial charge is 0.409 e. The molecule has 2 aliphatic rings. The van der Waals surface area contributed by atoms with Crippen LogP contribution in [0, 0.1) is 33.1 Å². The molecule has 0 fully saturated rings. The van der Waals surface area contributed by atoms with Crippen LogP contribution in [0.2, 0.25) is 0 Å². The Morgan fingerprint density at radius 3 is 2.34 bits per heavy atom. The molecule has 0 bridgehead atoms. The Kier molecular flexibility index (Phi) is 5.79. The number of hydrogen-bond acceptors (Lipinski definition) is 4. The summed E-state index contributed by atoms with van der Waals surface area (Å²) in [4.78, 5) is 15.3. The average molecular weight is 502 g/mol. The van der Waals surface area contributed by atoms with E-state index in [0.29, 0.717) is 6.42 Å². The first kappa shape index (κ1) is 24.6. The minimum atomic E-state index is -0.518. The van der Waals surface area contributed by atoms with E-state index < -0.39 is 5.41 Å². The molecule has 0 unspecified atom stereocenters. The normalized spacial score (nSPS) is 17.9. The van der Waals surface area contributed by atoms with Crippen LogP contribution in [0.25, 0.3) is 10.8 Å². The molecule has 0 aromatic heterocycles. The van der Waals surface area contributed by atoms with Gasteiger partial charge in [0.05, 0.1) is 12.5 Å². The number of anilines is 2. The molecule has 6 rings (SSSR count). The predicted octanol–water partition coefficient (Wildman–Crippen LogP) is 6.18. The first-order valence-electron chi connectivity index (χ1n) is 13.5. The molecule has 1 aliphatic heterocycles. The molecule has 4 nitrogen and oxygen atoms in total. The van der Waals surface area contributed by atoms with Gasteiger partial charge < -0.3 is 14.8 Å². The first-order valence-corrected chi connectivity index (χ1v) is 13.5. The van der Waals surface area contributed by atoms with E-state index >= 15 is 0 Å². The first-order chi connectivity index (χ1) is 18.2. The third-order valence-corrected chi connectivity index (χ3v) is 9.06. The number of hydrogen-bond donors (Lipinski definition) is 1. The van der Waals surface area contributed by atoms with Gasteiger partial charge in [-0.2, -0.15) is 0 Å². The van der Waals surface area contributed by atoms with Crippen LogP contribution in [0.5, 0.6) is 0 Å². The zero-order valence-corrected chi connectivity index (χ0v) is 23.2. The summed E-state index contributed by atoms with van der Waals surface area (Å²) in [5.74, 6) is -0.121. The van der Waals surface area contributed by atoms with Crippen molar-refractivity contribution in [3.8, 4) is 0 Å². The summed E-state index contributed by atoms with van der Waals surface area (Å²) < 4.78 is 5.23. The predicted molar refractivity (Wildman–Crippen MR) is 159 cm³/mol. The number of nitrogens with one attached hydrogen (secondary N) is 1. The van der Waals surface area contributed by atoms with Crippen LogP contribution in [0.4, 0.5) is 11.4 Å². The van der Waals surface area contributed by atoms with Gasteiger partial charge in [0.1, 0.15) is 0 Å². The fraction of sp³-hybridized carbons (Fsp3) is 0.303. The molecule has 1 atom stereocenters. The summed E-state index contributed by atoms with van der Waals surface area (Å²) in [6.45, 7) is 11.7. The van der Waals surface area contributed by atoms with Gasteiger partial charge >= 0.3 is 13.0 Å². The summed E-state index contributed by atoms with van der Waals surface area (Å²) in [5, 5.41) is 6.54. The van der Waals surface area contributed by atoms with Crippen LogP contribution in [0.15, 0.2) is 60.7 Å². The second kappa shape index (κ2) is 8.94. The van der Waals surface area contributed by atoms with Gasteiger partial charge in [-0.25, -0.2) is 0 Å². The van der Waals surface area contributed by atoms with E-state index in [2.05, 4.69) is 98.4 Å². The van der Waals surface area contributed by atoms with Gasteiger partial charge in [0.15, 0.2) is 0 Å². The molecule has 1 aliphatic carbocycles. The highest BCUT2D eigenvalue weighted by Gasteiger charge is 2.44. The molecule has 192 valence electrons. The van der Waals surface area contributed by atoms with E-state index in [4.69, 9.17) is 4.74 Å². The second-order valence-electron chi connectivity index (χ2n) is 11.4. The van der Waals surface area contributed by atoms with Crippen LogP contribution in [0.3, 0.4) is 0 Å². The SMILES string of the molecule is COC(=O)[C@@]1(C)Cc2c(C)c(C)c(B3Nc4c(C)ccc5cccc(c45)N3Cc3ccccc3)c(C)c2C1.